The van der Waals surface area contributed by atoms with E-state index >= 15 is 0 Å². The number of carbonyl (C=O) groups is 2. The molecule has 0 radical (unpaired) electrons. The van der Waals surface area contributed by atoms with E-state index in [9.17, 15) is 9.59 Å². The topological polar surface area (TPSA) is 72.2 Å². The van der Waals surface area contributed by atoms with E-state index in [1.807, 2.05) is 67.6 Å². The van der Waals surface area contributed by atoms with Crippen molar-refractivity contribution in [1.29, 1.82) is 0 Å². The normalized spacial score (nSPS) is 11.9. The molecule has 1 atom stereocenters. The summed E-state index contributed by atoms with van der Waals surface area (Å²) in [5.74, 6) is -0.851. The maximum atomic E-state index is 12.5. The van der Waals surface area contributed by atoms with Crippen LogP contribution < -0.4 is 11.1 Å². The van der Waals surface area contributed by atoms with Crippen LogP contribution >= 0.6 is 0 Å². The highest BCUT2D eigenvalue weighted by Crippen LogP contribution is 2.16. The second kappa shape index (κ2) is 7.18. The molecule has 0 unspecified atom stereocenters. The van der Waals surface area contributed by atoms with Crippen molar-refractivity contribution < 1.29 is 9.59 Å². The molecule has 0 heterocycles. The van der Waals surface area contributed by atoms with Gasteiger partial charge < -0.3 is 11.1 Å². The minimum Gasteiger partial charge on any atom is -0.368 e. The molecular weight excluding hydrogens is 312 g/mol. The average molecular weight is 332 g/mol. The van der Waals surface area contributed by atoms with Crippen LogP contribution in [0.3, 0.4) is 0 Å². The molecule has 4 heteroatoms. The number of aryl methyl sites for hydroxylation is 1. The Balaban J connectivity index is 1.77. The monoisotopic (exact) mass is 332 g/mol. The Labute approximate surface area is 146 Å². The Hall–Kier alpha value is -3.14. The highest BCUT2D eigenvalue weighted by Gasteiger charge is 2.19. The third-order valence-corrected chi connectivity index (χ3v) is 4.22. The molecule has 0 saturated heterocycles. The van der Waals surface area contributed by atoms with Crippen molar-refractivity contribution in [3.05, 3.63) is 83.4 Å². The number of amides is 2. The number of fused-ring (bicyclic) bond motifs is 1. The quantitative estimate of drug-likeness (QED) is 0.754. The Morgan fingerprint density at radius 1 is 0.960 bits per heavy atom. The Kier molecular flexibility index (Phi) is 4.80. The SMILES string of the molecule is Cc1ccc(C[C@H](NC(=O)c2ccc3ccccc3c2)C(N)=O)cc1. The largest absolute Gasteiger partial charge is 0.368 e. The first-order valence-corrected chi connectivity index (χ1v) is 8.17. The standard InChI is InChI=1S/C21H20N2O2/c1-14-6-8-15(9-7-14)12-19(20(22)24)23-21(25)18-11-10-16-4-2-3-5-17(16)13-18/h2-11,13,19H,12H2,1H3,(H2,22,24)(H,23,25)/t19-/m0/s1. The van der Waals surface area contributed by atoms with Crippen molar-refractivity contribution in [3.63, 3.8) is 0 Å². The van der Waals surface area contributed by atoms with Gasteiger partial charge in [0, 0.05) is 12.0 Å². The first-order chi connectivity index (χ1) is 12.0. The van der Waals surface area contributed by atoms with E-state index in [-0.39, 0.29) is 5.91 Å². The van der Waals surface area contributed by atoms with Crippen LogP contribution in [-0.4, -0.2) is 17.9 Å². The summed E-state index contributed by atoms with van der Waals surface area (Å²) in [5, 5.41) is 4.78. The fourth-order valence-electron chi connectivity index (χ4n) is 2.75. The van der Waals surface area contributed by atoms with Crippen molar-refractivity contribution in [2.75, 3.05) is 0 Å². The summed E-state index contributed by atoms with van der Waals surface area (Å²) in [4.78, 5) is 24.3. The molecule has 0 spiro atoms. The summed E-state index contributed by atoms with van der Waals surface area (Å²) < 4.78 is 0. The Morgan fingerprint density at radius 3 is 2.32 bits per heavy atom. The maximum Gasteiger partial charge on any atom is 0.251 e. The van der Waals surface area contributed by atoms with Crippen LogP contribution in [0.5, 0.6) is 0 Å². The third-order valence-electron chi connectivity index (χ3n) is 4.22. The number of hydrogen-bond acceptors (Lipinski definition) is 2. The highest BCUT2D eigenvalue weighted by molar-refractivity contribution is 6.00. The lowest BCUT2D eigenvalue weighted by atomic mass is 10.0. The maximum absolute atomic E-state index is 12.5. The minimum absolute atomic E-state index is 0.304. The molecule has 3 N–H and O–H groups in total. The zero-order valence-electron chi connectivity index (χ0n) is 14.0. The number of rotatable bonds is 5. The molecule has 2 amide bonds. The van der Waals surface area contributed by atoms with Crippen molar-refractivity contribution in [3.8, 4) is 0 Å². The smallest absolute Gasteiger partial charge is 0.251 e. The van der Waals surface area contributed by atoms with Gasteiger partial charge in [0.15, 0.2) is 0 Å². The summed E-state index contributed by atoms with van der Waals surface area (Å²) >= 11 is 0. The zero-order valence-corrected chi connectivity index (χ0v) is 14.0. The van der Waals surface area contributed by atoms with E-state index < -0.39 is 11.9 Å². The van der Waals surface area contributed by atoms with Crippen LogP contribution in [0.1, 0.15) is 21.5 Å². The second-order valence-corrected chi connectivity index (χ2v) is 6.18. The number of nitrogens with two attached hydrogens (primary N) is 1. The Morgan fingerprint density at radius 2 is 1.64 bits per heavy atom. The van der Waals surface area contributed by atoms with Gasteiger partial charge in [-0.2, -0.15) is 0 Å². The molecule has 3 aromatic carbocycles. The van der Waals surface area contributed by atoms with E-state index in [2.05, 4.69) is 5.32 Å². The van der Waals surface area contributed by atoms with E-state index in [4.69, 9.17) is 5.73 Å². The van der Waals surface area contributed by atoms with Crippen molar-refractivity contribution >= 4 is 22.6 Å². The van der Waals surface area contributed by atoms with Gasteiger partial charge >= 0.3 is 0 Å². The van der Waals surface area contributed by atoms with E-state index in [1.165, 1.54) is 0 Å². The fraction of sp³-hybridized carbons (Fsp3) is 0.143. The molecule has 3 rings (SSSR count). The fourth-order valence-corrected chi connectivity index (χ4v) is 2.75. The van der Waals surface area contributed by atoms with Gasteiger partial charge in [-0.05, 0) is 35.4 Å². The number of carbonyl (C=O) groups excluding carboxylic acids is 2. The number of hydrogen-bond donors (Lipinski definition) is 2. The molecule has 0 aliphatic heterocycles. The van der Waals surface area contributed by atoms with Crippen LogP contribution in [0.15, 0.2) is 66.7 Å². The first-order valence-electron chi connectivity index (χ1n) is 8.17. The highest BCUT2D eigenvalue weighted by atomic mass is 16.2. The zero-order chi connectivity index (χ0) is 17.8. The number of benzene rings is 3. The van der Waals surface area contributed by atoms with Gasteiger partial charge in [0.25, 0.3) is 5.91 Å². The van der Waals surface area contributed by atoms with Gasteiger partial charge in [0.1, 0.15) is 6.04 Å². The van der Waals surface area contributed by atoms with Gasteiger partial charge in [-0.25, -0.2) is 0 Å². The lowest BCUT2D eigenvalue weighted by Gasteiger charge is -2.16. The van der Waals surface area contributed by atoms with Crippen LogP contribution in [0, 0.1) is 6.92 Å². The average Bonchev–Trinajstić information content (AvgIpc) is 2.62. The van der Waals surface area contributed by atoms with Crippen LogP contribution in [0.2, 0.25) is 0 Å². The predicted octanol–water partition coefficient (Wildman–Crippen LogP) is 2.97. The molecular formula is C21H20N2O2. The van der Waals surface area contributed by atoms with Crippen LogP contribution in [0.4, 0.5) is 0 Å². The molecule has 0 aromatic heterocycles. The lowest BCUT2D eigenvalue weighted by Crippen LogP contribution is -2.45. The summed E-state index contributed by atoms with van der Waals surface area (Å²) in [5.41, 5.74) is 8.08. The van der Waals surface area contributed by atoms with E-state index in [0.29, 0.717) is 12.0 Å². The molecule has 25 heavy (non-hydrogen) atoms. The number of primary amides is 1. The van der Waals surface area contributed by atoms with Gasteiger partial charge in [-0.3, -0.25) is 9.59 Å². The number of nitrogens with one attached hydrogen (secondary N) is 1. The third kappa shape index (κ3) is 4.04. The first kappa shape index (κ1) is 16.7. The van der Waals surface area contributed by atoms with Crippen LogP contribution in [-0.2, 0) is 11.2 Å². The van der Waals surface area contributed by atoms with Crippen molar-refractivity contribution in [2.45, 2.75) is 19.4 Å². The molecule has 0 aliphatic rings. The van der Waals surface area contributed by atoms with Crippen LogP contribution in [0.25, 0.3) is 10.8 Å². The van der Waals surface area contributed by atoms with Gasteiger partial charge in [-0.15, -0.1) is 0 Å². The molecule has 4 nitrogen and oxygen atoms in total. The van der Waals surface area contributed by atoms with Gasteiger partial charge in [0.2, 0.25) is 5.91 Å². The van der Waals surface area contributed by atoms with E-state index in [1.54, 1.807) is 6.07 Å². The van der Waals surface area contributed by atoms with Crippen molar-refractivity contribution in [1.82, 2.24) is 5.32 Å². The Bertz CT molecular complexity index is 917. The second-order valence-electron chi connectivity index (χ2n) is 6.18. The molecule has 126 valence electrons. The molecule has 0 aliphatic carbocycles. The molecule has 0 bridgehead atoms. The van der Waals surface area contributed by atoms with E-state index in [0.717, 1.165) is 21.9 Å². The molecule has 0 saturated carbocycles. The summed E-state index contributed by atoms with van der Waals surface area (Å²) in [6.45, 7) is 2.00. The molecule has 3 aromatic rings. The predicted molar refractivity (Wildman–Crippen MR) is 99.3 cm³/mol. The molecule has 0 fully saturated rings. The minimum atomic E-state index is -0.748. The lowest BCUT2D eigenvalue weighted by molar-refractivity contribution is -0.119. The van der Waals surface area contributed by atoms with Crippen molar-refractivity contribution in [2.24, 2.45) is 5.73 Å². The van der Waals surface area contributed by atoms with Gasteiger partial charge in [0.05, 0.1) is 0 Å². The summed E-state index contributed by atoms with van der Waals surface area (Å²) in [7, 11) is 0. The van der Waals surface area contributed by atoms with Gasteiger partial charge in [-0.1, -0.05) is 60.2 Å². The summed E-state index contributed by atoms with van der Waals surface area (Å²) in [6.07, 6.45) is 0.370. The summed E-state index contributed by atoms with van der Waals surface area (Å²) in [6, 6.07) is 20.3.